The molecule has 1 fully saturated rings. The fourth-order valence-electron chi connectivity index (χ4n) is 1.56. The lowest BCUT2D eigenvalue weighted by Gasteiger charge is -2.16. The Kier molecular flexibility index (Phi) is 4.62. The van der Waals surface area contributed by atoms with Gasteiger partial charge in [0.1, 0.15) is 18.8 Å². The summed E-state index contributed by atoms with van der Waals surface area (Å²) in [6.07, 6.45) is 4.25. The number of esters is 1. The zero-order valence-electron chi connectivity index (χ0n) is 9.20. The molecule has 0 spiro atoms. The van der Waals surface area contributed by atoms with Crippen LogP contribution in [0, 0.1) is 0 Å². The Bertz CT molecular complexity index is 234. The lowest BCUT2D eigenvalue weighted by molar-refractivity contribution is -0.151. The molecule has 86 valence electrons. The third-order valence-electron chi connectivity index (χ3n) is 2.40. The first-order valence-corrected chi connectivity index (χ1v) is 5.34. The van der Waals surface area contributed by atoms with Crippen molar-refractivity contribution < 1.29 is 14.3 Å². The highest BCUT2D eigenvalue weighted by molar-refractivity contribution is 5.75. The summed E-state index contributed by atoms with van der Waals surface area (Å²) >= 11 is 0. The summed E-state index contributed by atoms with van der Waals surface area (Å²) in [5, 5.41) is 0. The van der Waals surface area contributed by atoms with Crippen LogP contribution in [0.15, 0.2) is 12.3 Å². The minimum Gasteiger partial charge on any atom is -0.497 e. The highest BCUT2D eigenvalue weighted by Gasteiger charge is 2.23. The third-order valence-corrected chi connectivity index (χ3v) is 2.40. The first kappa shape index (κ1) is 12.0. The minimum absolute atomic E-state index is 0.0633. The first-order chi connectivity index (χ1) is 7.09. The second-order valence-electron chi connectivity index (χ2n) is 3.96. The van der Waals surface area contributed by atoms with Crippen LogP contribution in [0.25, 0.3) is 0 Å². The predicted molar refractivity (Wildman–Crippen MR) is 57.1 cm³/mol. The molecule has 4 nitrogen and oxygen atoms in total. The molecule has 0 unspecified atom stereocenters. The number of allylic oxidation sites excluding steroid dienone is 1. The van der Waals surface area contributed by atoms with Crippen LogP contribution in [0.5, 0.6) is 0 Å². The van der Waals surface area contributed by atoms with Gasteiger partial charge in [-0.25, -0.2) is 0 Å². The molecular weight excluding hydrogens is 194 g/mol. The molecule has 0 aromatic carbocycles. The predicted octanol–water partition coefficient (Wildman–Crippen LogP) is 1.35. The van der Waals surface area contributed by atoms with Crippen molar-refractivity contribution in [3.8, 4) is 0 Å². The highest BCUT2D eigenvalue weighted by atomic mass is 16.5. The van der Waals surface area contributed by atoms with Crippen molar-refractivity contribution >= 4 is 5.97 Å². The van der Waals surface area contributed by atoms with E-state index in [2.05, 4.69) is 6.58 Å². The van der Waals surface area contributed by atoms with E-state index in [1.165, 1.54) is 0 Å². The number of carbonyl (C=O) groups excluding carboxylic acids is 1. The summed E-state index contributed by atoms with van der Waals surface area (Å²) in [6, 6.07) is -0.706. The van der Waals surface area contributed by atoms with Gasteiger partial charge in [0, 0.05) is 0 Å². The second kappa shape index (κ2) is 5.75. The van der Waals surface area contributed by atoms with E-state index in [0.29, 0.717) is 5.76 Å². The zero-order chi connectivity index (χ0) is 11.3. The van der Waals surface area contributed by atoms with Gasteiger partial charge in [-0.3, -0.25) is 4.79 Å². The van der Waals surface area contributed by atoms with Gasteiger partial charge >= 0.3 is 5.97 Å². The summed E-state index contributed by atoms with van der Waals surface area (Å²) in [4.78, 5) is 11.5. The van der Waals surface area contributed by atoms with Crippen molar-refractivity contribution in [2.75, 3.05) is 6.61 Å². The van der Waals surface area contributed by atoms with Gasteiger partial charge in [0.15, 0.2) is 0 Å². The Labute approximate surface area is 90.4 Å². The van der Waals surface area contributed by atoms with Gasteiger partial charge in [-0.2, -0.15) is 0 Å². The molecule has 2 N–H and O–H groups in total. The van der Waals surface area contributed by atoms with E-state index in [4.69, 9.17) is 15.2 Å². The number of hydrogen-bond acceptors (Lipinski definition) is 4. The average molecular weight is 213 g/mol. The van der Waals surface area contributed by atoms with Crippen LogP contribution in [0.4, 0.5) is 0 Å². The molecule has 1 saturated carbocycles. The van der Waals surface area contributed by atoms with E-state index < -0.39 is 6.04 Å². The molecule has 0 radical (unpaired) electrons. The van der Waals surface area contributed by atoms with Crippen LogP contribution in [0.2, 0.25) is 0 Å². The topological polar surface area (TPSA) is 61.5 Å². The van der Waals surface area contributed by atoms with Crippen LogP contribution >= 0.6 is 0 Å². The Hall–Kier alpha value is -1.03. The summed E-state index contributed by atoms with van der Waals surface area (Å²) < 4.78 is 10.3. The van der Waals surface area contributed by atoms with Gasteiger partial charge < -0.3 is 15.2 Å². The smallest absolute Gasteiger partial charge is 0.326 e. The van der Waals surface area contributed by atoms with Crippen molar-refractivity contribution in [3.05, 3.63) is 12.3 Å². The van der Waals surface area contributed by atoms with E-state index in [1.807, 2.05) is 0 Å². The lowest BCUT2D eigenvalue weighted by Crippen LogP contribution is -2.38. The van der Waals surface area contributed by atoms with Crippen molar-refractivity contribution in [1.29, 1.82) is 0 Å². The molecule has 15 heavy (non-hydrogen) atoms. The van der Waals surface area contributed by atoms with Gasteiger partial charge in [-0.15, -0.1) is 0 Å². The van der Waals surface area contributed by atoms with Gasteiger partial charge in [-0.1, -0.05) is 6.58 Å². The largest absolute Gasteiger partial charge is 0.497 e. The van der Waals surface area contributed by atoms with Gasteiger partial charge in [0.25, 0.3) is 0 Å². The van der Waals surface area contributed by atoms with E-state index in [-0.39, 0.29) is 18.7 Å². The normalized spacial score (nSPS) is 18.5. The Morgan fingerprint density at radius 3 is 2.67 bits per heavy atom. The third kappa shape index (κ3) is 4.34. The maximum Gasteiger partial charge on any atom is 0.326 e. The Morgan fingerprint density at radius 2 is 2.13 bits per heavy atom. The number of carbonyl (C=O) groups is 1. The maximum absolute atomic E-state index is 11.5. The van der Waals surface area contributed by atoms with E-state index >= 15 is 0 Å². The molecule has 0 bridgehead atoms. The van der Waals surface area contributed by atoms with E-state index in [0.717, 1.165) is 25.7 Å². The summed E-state index contributed by atoms with van der Waals surface area (Å²) in [5.41, 5.74) is 5.60. The second-order valence-corrected chi connectivity index (χ2v) is 3.96. The Morgan fingerprint density at radius 1 is 1.53 bits per heavy atom. The summed E-state index contributed by atoms with van der Waals surface area (Å²) in [7, 11) is 0. The van der Waals surface area contributed by atoms with Gasteiger partial charge in [-0.05, 0) is 32.6 Å². The number of ether oxygens (including phenoxy) is 2. The number of rotatable bonds is 5. The standard InChI is InChI=1S/C11H19NO3/c1-8(2)14-7-10(12)11(13)15-9-5-3-4-6-9/h9-10H,1,3-7,12H2,2H3/t10-/m1/s1. The molecule has 0 aromatic heterocycles. The molecule has 4 heteroatoms. The van der Waals surface area contributed by atoms with E-state index in [9.17, 15) is 4.79 Å². The van der Waals surface area contributed by atoms with Crippen molar-refractivity contribution in [1.82, 2.24) is 0 Å². The van der Waals surface area contributed by atoms with E-state index in [1.54, 1.807) is 6.92 Å². The molecule has 1 aliphatic rings. The van der Waals surface area contributed by atoms with Crippen LogP contribution in [-0.4, -0.2) is 24.7 Å². The van der Waals surface area contributed by atoms with Gasteiger partial charge in [0.2, 0.25) is 0 Å². The monoisotopic (exact) mass is 213 g/mol. The fourth-order valence-corrected chi connectivity index (χ4v) is 1.56. The van der Waals surface area contributed by atoms with Crippen LogP contribution in [-0.2, 0) is 14.3 Å². The molecule has 1 rings (SSSR count). The molecule has 0 saturated heterocycles. The highest BCUT2D eigenvalue weighted by Crippen LogP contribution is 2.21. The SMILES string of the molecule is C=C(C)OC[C@@H](N)C(=O)OC1CCCC1. The summed E-state index contributed by atoms with van der Waals surface area (Å²) in [5.74, 6) is 0.183. The van der Waals surface area contributed by atoms with Crippen molar-refractivity contribution in [2.45, 2.75) is 44.8 Å². The zero-order valence-corrected chi connectivity index (χ0v) is 9.20. The molecule has 1 atom stereocenters. The van der Waals surface area contributed by atoms with Gasteiger partial charge in [0.05, 0.1) is 5.76 Å². The minimum atomic E-state index is -0.706. The lowest BCUT2D eigenvalue weighted by atomic mass is 10.3. The Balaban J connectivity index is 2.22. The average Bonchev–Trinajstić information content (AvgIpc) is 2.66. The number of hydrogen-bond donors (Lipinski definition) is 1. The molecule has 0 heterocycles. The van der Waals surface area contributed by atoms with Crippen molar-refractivity contribution in [3.63, 3.8) is 0 Å². The fraction of sp³-hybridized carbons (Fsp3) is 0.727. The van der Waals surface area contributed by atoms with Crippen LogP contribution in [0.1, 0.15) is 32.6 Å². The molecule has 0 aliphatic heterocycles. The molecule has 1 aliphatic carbocycles. The van der Waals surface area contributed by atoms with Crippen LogP contribution in [0.3, 0.4) is 0 Å². The quantitative estimate of drug-likeness (QED) is 0.553. The van der Waals surface area contributed by atoms with Crippen LogP contribution < -0.4 is 5.73 Å². The maximum atomic E-state index is 11.5. The number of nitrogens with two attached hydrogens (primary N) is 1. The summed E-state index contributed by atoms with van der Waals surface area (Å²) in [6.45, 7) is 5.42. The molecule has 0 aromatic rings. The van der Waals surface area contributed by atoms with Crippen molar-refractivity contribution in [2.24, 2.45) is 5.73 Å². The molecule has 0 amide bonds. The first-order valence-electron chi connectivity index (χ1n) is 5.34. The molecular formula is C11H19NO3.